The maximum atomic E-state index is 12.4. The summed E-state index contributed by atoms with van der Waals surface area (Å²) in [5.74, 6) is 0.538. The second-order valence-corrected chi connectivity index (χ2v) is 10.7. The van der Waals surface area contributed by atoms with Crippen molar-refractivity contribution in [2.75, 3.05) is 23.4 Å². The molecule has 32 heavy (non-hydrogen) atoms. The first-order chi connectivity index (χ1) is 15.1. The minimum Gasteiger partial charge on any atom is -0.491 e. The fourth-order valence-electron chi connectivity index (χ4n) is 3.37. The number of aryl methyl sites for hydroxylation is 2. The molecule has 1 unspecified atom stereocenters. The van der Waals surface area contributed by atoms with Crippen molar-refractivity contribution in [1.82, 2.24) is 0 Å². The van der Waals surface area contributed by atoms with Crippen LogP contribution in [0.4, 0.5) is 5.69 Å². The van der Waals surface area contributed by atoms with E-state index in [1.807, 2.05) is 26.0 Å². The van der Waals surface area contributed by atoms with Gasteiger partial charge in [0.2, 0.25) is 5.91 Å². The molecule has 0 bridgehead atoms. The lowest BCUT2D eigenvalue weighted by atomic mass is 10.1. The van der Waals surface area contributed by atoms with Crippen molar-refractivity contribution >= 4 is 32.8 Å². The molecule has 0 aliphatic rings. The molecule has 0 fully saturated rings. The van der Waals surface area contributed by atoms with Crippen LogP contribution in [0.5, 0.6) is 5.75 Å². The molecule has 0 aliphatic carbocycles. The lowest BCUT2D eigenvalue weighted by Gasteiger charge is -2.16. The summed E-state index contributed by atoms with van der Waals surface area (Å²) in [6.45, 7) is 4.13. The highest BCUT2D eigenvalue weighted by Crippen LogP contribution is 2.30. The standard InChI is InChI=1S/C22H37NO7S2/c1-18-16-19(2)22(20(17-18)30-13-9-11-15-32(27,28)29)23-21(24)12-8-6-4-3-5-7-10-14-31(25)26/h16-17H,3-15H2,1-2H3,(H,23,24)(H,25,26)(H,27,28,29). The van der Waals surface area contributed by atoms with Gasteiger partial charge in [0.15, 0.2) is 11.1 Å². The van der Waals surface area contributed by atoms with Gasteiger partial charge < -0.3 is 14.6 Å². The molecule has 0 aromatic heterocycles. The van der Waals surface area contributed by atoms with Gasteiger partial charge in [0.05, 0.1) is 18.0 Å². The number of unbranched alkanes of at least 4 members (excludes halogenated alkanes) is 7. The van der Waals surface area contributed by atoms with E-state index < -0.39 is 21.2 Å². The van der Waals surface area contributed by atoms with Gasteiger partial charge >= 0.3 is 0 Å². The minimum absolute atomic E-state index is 0.0707. The van der Waals surface area contributed by atoms with Gasteiger partial charge in [0.25, 0.3) is 10.1 Å². The van der Waals surface area contributed by atoms with E-state index in [2.05, 4.69) is 5.32 Å². The third-order valence-corrected chi connectivity index (χ3v) is 6.43. The van der Waals surface area contributed by atoms with E-state index in [-0.39, 0.29) is 18.3 Å². The summed E-state index contributed by atoms with van der Waals surface area (Å²) in [5.41, 5.74) is 2.53. The van der Waals surface area contributed by atoms with Gasteiger partial charge in [0, 0.05) is 12.2 Å². The third-order valence-electron chi connectivity index (χ3n) is 4.99. The number of carbonyl (C=O) groups is 1. The summed E-state index contributed by atoms with van der Waals surface area (Å²) < 4.78 is 55.4. The molecule has 3 N–H and O–H groups in total. The van der Waals surface area contributed by atoms with Crippen molar-refractivity contribution in [2.24, 2.45) is 0 Å². The molecule has 0 saturated carbocycles. The normalized spacial score (nSPS) is 12.5. The maximum absolute atomic E-state index is 12.4. The quantitative estimate of drug-likeness (QED) is 0.164. The molecule has 0 radical (unpaired) electrons. The zero-order chi connectivity index (χ0) is 24.0. The van der Waals surface area contributed by atoms with Crippen LogP contribution < -0.4 is 10.1 Å². The lowest BCUT2D eigenvalue weighted by molar-refractivity contribution is -0.116. The molecule has 1 aromatic carbocycles. The van der Waals surface area contributed by atoms with E-state index in [0.29, 0.717) is 36.5 Å². The summed E-state index contributed by atoms with van der Waals surface area (Å²) in [6, 6.07) is 3.81. The molecule has 10 heteroatoms. The summed E-state index contributed by atoms with van der Waals surface area (Å²) in [6.07, 6.45) is 7.81. The van der Waals surface area contributed by atoms with Crippen LogP contribution in [0.15, 0.2) is 12.1 Å². The highest BCUT2D eigenvalue weighted by Gasteiger charge is 2.12. The largest absolute Gasteiger partial charge is 0.491 e. The van der Waals surface area contributed by atoms with Gasteiger partial charge in [-0.05, 0) is 56.7 Å². The van der Waals surface area contributed by atoms with Crippen molar-refractivity contribution in [2.45, 2.75) is 78.1 Å². The molecule has 1 atom stereocenters. The van der Waals surface area contributed by atoms with Crippen molar-refractivity contribution in [3.8, 4) is 5.75 Å². The Morgan fingerprint density at radius 3 is 2.25 bits per heavy atom. The number of carbonyl (C=O) groups excluding carboxylic acids is 1. The smallest absolute Gasteiger partial charge is 0.264 e. The molecule has 1 amide bonds. The van der Waals surface area contributed by atoms with Crippen LogP contribution in [0.1, 0.15) is 75.3 Å². The molecule has 1 rings (SSSR count). The average molecular weight is 492 g/mol. The van der Waals surface area contributed by atoms with Crippen LogP contribution in [0.25, 0.3) is 0 Å². The molecule has 184 valence electrons. The number of hydrogen-bond donors (Lipinski definition) is 3. The Bertz CT molecular complexity index is 841. The van der Waals surface area contributed by atoms with Gasteiger partial charge in [-0.2, -0.15) is 8.42 Å². The summed E-state index contributed by atoms with van der Waals surface area (Å²) in [7, 11) is -3.96. The van der Waals surface area contributed by atoms with E-state index in [4.69, 9.17) is 13.8 Å². The molecule has 0 aliphatic heterocycles. The highest BCUT2D eigenvalue weighted by molar-refractivity contribution is 7.85. The Labute approximate surface area is 194 Å². The Hall–Kier alpha value is -1.49. The lowest BCUT2D eigenvalue weighted by Crippen LogP contribution is -2.14. The number of amides is 1. The molecule has 0 spiro atoms. The summed E-state index contributed by atoms with van der Waals surface area (Å²) >= 11 is -1.69. The first-order valence-electron chi connectivity index (χ1n) is 11.1. The Balaban J connectivity index is 2.38. The second-order valence-electron chi connectivity index (χ2n) is 8.10. The minimum atomic E-state index is -3.96. The molecular formula is C22H37NO7S2. The fourth-order valence-corrected chi connectivity index (χ4v) is 4.39. The zero-order valence-electron chi connectivity index (χ0n) is 19.1. The van der Waals surface area contributed by atoms with Crippen molar-refractivity contribution in [1.29, 1.82) is 0 Å². The van der Waals surface area contributed by atoms with Gasteiger partial charge in [-0.3, -0.25) is 9.35 Å². The first-order valence-corrected chi connectivity index (χ1v) is 14.0. The SMILES string of the molecule is Cc1cc(C)c(NC(=O)CCCCCCCCCS(=O)O)c(OCCCCS(=O)(=O)O)c1. The number of nitrogens with one attached hydrogen (secondary N) is 1. The van der Waals surface area contributed by atoms with Gasteiger partial charge in [-0.25, -0.2) is 4.21 Å². The molecule has 8 nitrogen and oxygen atoms in total. The van der Waals surface area contributed by atoms with Crippen LogP contribution in [-0.2, 0) is 26.0 Å². The zero-order valence-corrected chi connectivity index (χ0v) is 20.7. The van der Waals surface area contributed by atoms with Crippen LogP contribution in [-0.4, -0.2) is 45.8 Å². The second kappa shape index (κ2) is 15.4. The topological polar surface area (TPSA) is 130 Å². The number of ether oxygens (including phenoxy) is 1. The summed E-state index contributed by atoms with van der Waals surface area (Å²) in [4.78, 5) is 12.4. The van der Waals surface area contributed by atoms with Crippen LogP contribution in [0.2, 0.25) is 0 Å². The van der Waals surface area contributed by atoms with Crippen molar-refractivity contribution < 1.29 is 31.3 Å². The van der Waals surface area contributed by atoms with Gasteiger partial charge in [-0.1, -0.05) is 38.2 Å². The van der Waals surface area contributed by atoms with E-state index >= 15 is 0 Å². The Kier molecular flexibility index (Phi) is 13.7. The fraction of sp³-hybridized carbons (Fsp3) is 0.682. The highest BCUT2D eigenvalue weighted by atomic mass is 32.2. The predicted molar refractivity (Wildman–Crippen MR) is 128 cm³/mol. The number of hydrogen-bond acceptors (Lipinski definition) is 5. The Morgan fingerprint density at radius 2 is 1.62 bits per heavy atom. The molecule has 0 saturated heterocycles. The van der Waals surface area contributed by atoms with Crippen LogP contribution in [0.3, 0.4) is 0 Å². The number of anilines is 1. The van der Waals surface area contributed by atoms with E-state index in [9.17, 15) is 17.4 Å². The molecule has 1 aromatic rings. The average Bonchev–Trinajstić information content (AvgIpc) is 2.67. The monoisotopic (exact) mass is 491 g/mol. The van der Waals surface area contributed by atoms with Gasteiger partial charge in [-0.15, -0.1) is 0 Å². The van der Waals surface area contributed by atoms with Crippen molar-refractivity contribution in [3.63, 3.8) is 0 Å². The predicted octanol–water partition coefficient (Wildman–Crippen LogP) is 4.63. The first kappa shape index (κ1) is 28.5. The van der Waals surface area contributed by atoms with Crippen LogP contribution in [0, 0.1) is 13.8 Å². The maximum Gasteiger partial charge on any atom is 0.264 e. The third kappa shape index (κ3) is 13.8. The molecular weight excluding hydrogens is 454 g/mol. The number of benzene rings is 1. The van der Waals surface area contributed by atoms with Crippen LogP contribution >= 0.6 is 0 Å². The van der Waals surface area contributed by atoms with Crippen molar-refractivity contribution in [3.05, 3.63) is 23.3 Å². The van der Waals surface area contributed by atoms with Gasteiger partial charge in [0.1, 0.15) is 5.75 Å². The molecule has 0 heterocycles. The van der Waals surface area contributed by atoms with E-state index in [1.54, 1.807) is 0 Å². The summed E-state index contributed by atoms with van der Waals surface area (Å²) in [5, 5.41) is 2.95. The number of rotatable bonds is 17. The Morgan fingerprint density at radius 1 is 1.00 bits per heavy atom. The van der Waals surface area contributed by atoms with E-state index in [0.717, 1.165) is 56.1 Å². The van der Waals surface area contributed by atoms with E-state index in [1.165, 1.54) is 0 Å².